The number of aldehydes is 2. The molecule has 0 saturated heterocycles. The van der Waals surface area contributed by atoms with E-state index in [0.29, 0.717) is 11.4 Å². The molecule has 0 atom stereocenters. The van der Waals surface area contributed by atoms with Crippen molar-refractivity contribution in [2.45, 2.75) is 46.5 Å². The molecule has 0 aliphatic carbocycles. The third kappa shape index (κ3) is 3.53. The van der Waals surface area contributed by atoms with E-state index in [0.717, 1.165) is 70.4 Å². The molecule has 1 aromatic carbocycles. The van der Waals surface area contributed by atoms with Gasteiger partial charge in [-0.25, -0.2) is 0 Å². The largest absolute Gasteiger partial charge is 0.497 e. The van der Waals surface area contributed by atoms with Gasteiger partial charge < -0.3 is 14.7 Å². The number of methoxy groups -OCH3 is 1. The van der Waals surface area contributed by atoms with E-state index in [1.54, 1.807) is 7.11 Å². The Morgan fingerprint density at radius 3 is 1.66 bits per heavy atom. The van der Waals surface area contributed by atoms with Gasteiger partial charge in [-0.3, -0.25) is 9.59 Å². The predicted octanol–water partition coefficient (Wildman–Crippen LogP) is 4.90. The van der Waals surface area contributed by atoms with Crippen LogP contribution in [-0.4, -0.2) is 29.7 Å². The zero-order valence-electron chi connectivity index (χ0n) is 17.7. The minimum atomic E-state index is -0.148. The van der Waals surface area contributed by atoms with E-state index in [-0.39, 0.29) is 5.92 Å². The molecule has 0 unspecified atom stereocenters. The maximum atomic E-state index is 11.6. The molecule has 152 valence electrons. The monoisotopic (exact) mass is 392 g/mol. The van der Waals surface area contributed by atoms with E-state index in [4.69, 9.17) is 4.74 Å². The molecule has 0 aliphatic heterocycles. The van der Waals surface area contributed by atoms with Crippen LogP contribution in [0.25, 0.3) is 0 Å². The minimum absolute atomic E-state index is 0.148. The van der Waals surface area contributed by atoms with E-state index < -0.39 is 0 Å². The highest BCUT2D eigenvalue weighted by molar-refractivity contribution is 5.77. The Morgan fingerprint density at radius 2 is 1.31 bits per heavy atom. The number of carbonyl (C=O) groups is 2. The highest BCUT2D eigenvalue weighted by atomic mass is 16.5. The Balaban J connectivity index is 2.32. The van der Waals surface area contributed by atoms with Crippen LogP contribution in [0.15, 0.2) is 24.3 Å². The molecule has 0 fully saturated rings. The summed E-state index contributed by atoms with van der Waals surface area (Å²) in [5.41, 5.74) is 8.48. The molecule has 0 bridgehead atoms. The Bertz CT molecular complexity index is 965. The van der Waals surface area contributed by atoms with E-state index in [9.17, 15) is 9.59 Å². The van der Waals surface area contributed by atoms with Crippen molar-refractivity contribution in [1.82, 2.24) is 9.97 Å². The standard InChI is InChI=1S/C24H28N2O3/c1-6-18-14(3)20(12-27)25-23(18)22(16-8-10-17(29-5)11-9-16)24-19(7-2)15(4)21(13-28)26-24/h8-13,22,25-26H,6-7H2,1-5H3. The molecule has 0 aliphatic rings. The quantitative estimate of drug-likeness (QED) is 0.536. The van der Waals surface area contributed by atoms with Crippen LogP contribution in [0, 0.1) is 13.8 Å². The van der Waals surface area contributed by atoms with Crippen molar-refractivity contribution in [1.29, 1.82) is 0 Å². The van der Waals surface area contributed by atoms with Gasteiger partial charge in [0.25, 0.3) is 0 Å². The van der Waals surface area contributed by atoms with Crippen LogP contribution in [0.5, 0.6) is 5.75 Å². The Labute approximate surface area is 171 Å². The van der Waals surface area contributed by atoms with Gasteiger partial charge in [0.15, 0.2) is 12.6 Å². The lowest BCUT2D eigenvalue weighted by molar-refractivity contribution is 0.111. The fraction of sp³-hybridized carbons (Fsp3) is 0.333. The second kappa shape index (κ2) is 8.52. The van der Waals surface area contributed by atoms with Gasteiger partial charge in [0.05, 0.1) is 24.4 Å². The molecule has 2 N–H and O–H groups in total. The number of benzene rings is 1. The van der Waals surface area contributed by atoms with Crippen LogP contribution < -0.4 is 4.74 Å². The van der Waals surface area contributed by atoms with Gasteiger partial charge in [0.1, 0.15) is 5.75 Å². The smallest absolute Gasteiger partial charge is 0.166 e. The zero-order chi connectivity index (χ0) is 21.1. The first kappa shape index (κ1) is 20.6. The van der Waals surface area contributed by atoms with Crippen molar-refractivity contribution in [2.24, 2.45) is 0 Å². The summed E-state index contributed by atoms with van der Waals surface area (Å²) in [5, 5.41) is 0. The third-order valence-electron chi connectivity index (χ3n) is 5.87. The minimum Gasteiger partial charge on any atom is -0.497 e. The molecule has 0 amide bonds. The van der Waals surface area contributed by atoms with Crippen LogP contribution in [-0.2, 0) is 12.8 Å². The number of H-pyrrole nitrogens is 2. The average Bonchev–Trinajstić information content (AvgIpc) is 3.24. The normalized spacial score (nSPS) is 11.1. The molecule has 2 aromatic heterocycles. The molecular weight excluding hydrogens is 364 g/mol. The Hall–Kier alpha value is -3.08. The summed E-state index contributed by atoms with van der Waals surface area (Å²) in [6.45, 7) is 8.14. The first-order valence-corrected chi connectivity index (χ1v) is 9.97. The van der Waals surface area contributed by atoms with Crippen LogP contribution in [0.4, 0.5) is 0 Å². The van der Waals surface area contributed by atoms with E-state index in [2.05, 4.69) is 23.8 Å². The second-order valence-electron chi connectivity index (χ2n) is 7.26. The van der Waals surface area contributed by atoms with Gasteiger partial charge in [0.2, 0.25) is 0 Å². The predicted molar refractivity (Wildman–Crippen MR) is 115 cm³/mol. The topological polar surface area (TPSA) is 75.0 Å². The van der Waals surface area contributed by atoms with Crippen molar-refractivity contribution < 1.29 is 14.3 Å². The molecule has 29 heavy (non-hydrogen) atoms. The molecule has 2 heterocycles. The summed E-state index contributed by atoms with van der Waals surface area (Å²) >= 11 is 0. The van der Waals surface area contributed by atoms with Gasteiger partial charge in [-0.1, -0.05) is 26.0 Å². The fourth-order valence-electron chi connectivity index (χ4n) is 4.27. The van der Waals surface area contributed by atoms with Crippen LogP contribution >= 0.6 is 0 Å². The zero-order valence-corrected chi connectivity index (χ0v) is 17.7. The molecule has 0 radical (unpaired) electrons. The number of nitrogens with one attached hydrogen (secondary N) is 2. The van der Waals surface area contributed by atoms with Crippen LogP contribution in [0.2, 0.25) is 0 Å². The summed E-state index contributed by atoms with van der Waals surface area (Å²) in [5.74, 6) is 0.636. The Kier molecular flexibility index (Phi) is 6.06. The van der Waals surface area contributed by atoms with Crippen LogP contribution in [0.1, 0.15) is 79.9 Å². The van der Waals surface area contributed by atoms with Gasteiger partial charge in [-0.05, 0) is 66.6 Å². The lowest BCUT2D eigenvalue weighted by Crippen LogP contribution is -2.09. The first-order valence-electron chi connectivity index (χ1n) is 9.97. The summed E-state index contributed by atoms with van der Waals surface area (Å²) < 4.78 is 5.32. The van der Waals surface area contributed by atoms with Gasteiger partial charge in [-0.15, -0.1) is 0 Å². The summed E-state index contributed by atoms with van der Waals surface area (Å²) in [4.78, 5) is 30.0. The van der Waals surface area contributed by atoms with Crippen LogP contribution in [0.3, 0.4) is 0 Å². The molecule has 3 aromatic rings. The van der Waals surface area contributed by atoms with Crippen molar-refractivity contribution in [3.8, 4) is 5.75 Å². The number of hydrogen-bond acceptors (Lipinski definition) is 3. The SMILES string of the molecule is CCc1c(C(c2ccc(OC)cc2)c2[nH]c(C=O)c(C)c2CC)[nH]c(C=O)c1C. The highest BCUT2D eigenvalue weighted by Gasteiger charge is 2.28. The number of ether oxygens (including phenoxy) is 1. The summed E-state index contributed by atoms with van der Waals surface area (Å²) in [6, 6.07) is 7.95. The van der Waals surface area contributed by atoms with Crippen molar-refractivity contribution in [3.05, 3.63) is 74.9 Å². The second-order valence-corrected chi connectivity index (χ2v) is 7.26. The molecule has 5 heteroatoms. The van der Waals surface area contributed by atoms with Crippen molar-refractivity contribution >= 4 is 12.6 Å². The molecule has 0 saturated carbocycles. The number of aromatic nitrogens is 2. The molecule has 0 spiro atoms. The Morgan fingerprint density at radius 1 is 0.862 bits per heavy atom. The van der Waals surface area contributed by atoms with Gasteiger partial charge in [0, 0.05) is 11.4 Å². The van der Waals surface area contributed by atoms with Crippen molar-refractivity contribution in [3.63, 3.8) is 0 Å². The van der Waals surface area contributed by atoms with E-state index >= 15 is 0 Å². The highest BCUT2D eigenvalue weighted by Crippen LogP contribution is 2.38. The number of rotatable bonds is 8. The maximum Gasteiger partial charge on any atom is 0.166 e. The molecule has 3 rings (SSSR count). The van der Waals surface area contributed by atoms with Gasteiger partial charge in [-0.2, -0.15) is 0 Å². The lowest BCUT2D eigenvalue weighted by atomic mass is 9.86. The number of carbonyl (C=O) groups excluding carboxylic acids is 2. The summed E-state index contributed by atoms with van der Waals surface area (Å²) in [7, 11) is 1.65. The van der Waals surface area contributed by atoms with E-state index in [1.807, 2.05) is 38.1 Å². The lowest BCUT2D eigenvalue weighted by Gasteiger charge is -2.20. The number of hydrogen-bond donors (Lipinski definition) is 2. The van der Waals surface area contributed by atoms with E-state index in [1.165, 1.54) is 0 Å². The van der Waals surface area contributed by atoms with Gasteiger partial charge >= 0.3 is 0 Å². The molecule has 5 nitrogen and oxygen atoms in total. The third-order valence-corrected chi connectivity index (χ3v) is 5.87. The number of aromatic amines is 2. The maximum absolute atomic E-state index is 11.6. The summed E-state index contributed by atoms with van der Waals surface area (Å²) in [6.07, 6.45) is 3.36. The fourth-order valence-corrected chi connectivity index (χ4v) is 4.27. The molecular formula is C24H28N2O3. The van der Waals surface area contributed by atoms with Crippen molar-refractivity contribution in [2.75, 3.05) is 7.11 Å². The average molecular weight is 392 g/mol. The first-order chi connectivity index (χ1) is 14.0.